The first-order chi connectivity index (χ1) is 12.8. The number of hydrogen-bond acceptors (Lipinski definition) is 6. The Hall–Kier alpha value is -3.00. The Morgan fingerprint density at radius 1 is 1.38 bits per heavy atom. The maximum absolute atomic E-state index is 12.3. The van der Waals surface area contributed by atoms with E-state index in [1.54, 1.807) is 29.6 Å². The lowest BCUT2D eigenvalue weighted by atomic mass is 10.2. The van der Waals surface area contributed by atoms with E-state index >= 15 is 0 Å². The molecule has 1 amide bonds. The molecule has 3 heterocycles. The van der Waals surface area contributed by atoms with Gasteiger partial charge in [-0.15, -0.1) is 0 Å². The van der Waals surface area contributed by atoms with Gasteiger partial charge < -0.3 is 28.8 Å². The topological polar surface area (TPSA) is 85.9 Å². The van der Waals surface area contributed by atoms with Crippen molar-refractivity contribution in [3.8, 4) is 17.2 Å². The van der Waals surface area contributed by atoms with Crippen molar-refractivity contribution in [1.29, 1.82) is 0 Å². The summed E-state index contributed by atoms with van der Waals surface area (Å²) in [5, 5.41) is 0. The second kappa shape index (κ2) is 7.49. The van der Waals surface area contributed by atoms with Gasteiger partial charge in [-0.2, -0.15) is 0 Å². The summed E-state index contributed by atoms with van der Waals surface area (Å²) < 4.78 is 22.1. The Labute approximate surface area is 150 Å². The number of nitrogens with zero attached hydrogens (tertiary/aromatic N) is 2. The normalized spacial score (nSPS) is 19.1. The molecule has 1 N–H and O–H groups in total. The number of ether oxygens (including phenoxy) is 4. The molecular weight excluding hydrogens is 338 g/mol. The molecule has 2 aliphatic heterocycles. The van der Waals surface area contributed by atoms with Gasteiger partial charge in [0.1, 0.15) is 18.5 Å². The molecule has 1 saturated heterocycles. The molecule has 8 nitrogen and oxygen atoms in total. The van der Waals surface area contributed by atoms with Gasteiger partial charge in [-0.25, -0.2) is 4.98 Å². The first-order valence-electron chi connectivity index (χ1n) is 8.37. The predicted molar refractivity (Wildman–Crippen MR) is 92.0 cm³/mol. The Balaban J connectivity index is 1.30. The van der Waals surface area contributed by atoms with Crippen LogP contribution in [0.25, 0.3) is 6.08 Å². The number of H-pyrrole nitrogens is 1. The minimum atomic E-state index is -0.182. The largest absolute Gasteiger partial charge is 0.491 e. The molecule has 1 unspecified atom stereocenters. The van der Waals surface area contributed by atoms with Crippen LogP contribution >= 0.6 is 0 Å². The molecule has 0 radical (unpaired) electrons. The molecule has 1 atom stereocenters. The minimum absolute atomic E-state index is 0.0593. The lowest BCUT2D eigenvalue weighted by molar-refractivity contribution is -0.134. The van der Waals surface area contributed by atoms with Crippen molar-refractivity contribution in [2.75, 3.05) is 33.1 Å². The molecule has 4 rings (SSSR count). The number of benzene rings is 1. The van der Waals surface area contributed by atoms with Crippen LogP contribution in [0.1, 0.15) is 5.69 Å². The maximum atomic E-state index is 12.3. The van der Waals surface area contributed by atoms with Crippen LogP contribution < -0.4 is 14.2 Å². The average Bonchev–Trinajstić information content (AvgIpc) is 3.35. The van der Waals surface area contributed by atoms with Crippen LogP contribution in [0, 0.1) is 0 Å². The summed E-state index contributed by atoms with van der Waals surface area (Å²) in [5.74, 6) is 2.01. The summed E-state index contributed by atoms with van der Waals surface area (Å²) in [6.07, 6.45) is 6.30. The van der Waals surface area contributed by atoms with Gasteiger partial charge in [-0.1, -0.05) is 0 Å². The molecule has 1 aromatic heterocycles. The van der Waals surface area contributed by atoms with E-state index in [0.717, 1.165) is 5.69 Å². The Morgan fingerprint density at radius 3 is 3.19 bits per heavy atom. The van der Waals surface area contributed by atoms with Crippen LogP contribution in [-0.2, 0) is 9.53 Å². The van der Waals surface area contributed by atoms with E-state index in [2.05, 4.69) is 9.97 Å². The van der Waals surface area contributed by atoms with Gasteiger partial charge in [0.25, 0.3) is 0 Å². The van der Waals surface area contributed by atoms with Gasteiger partial charge >= 0.3 is 0 Å². The van der Waals surface area contributed by atoms with Crippen molar-refractivity contribution in [3.63, 3.8) is 0 Å². The van der Waals surface area contributed by atoms with E-state index in [1.807, 2.05) is 12.1 Å². The highest BCUT2D eigenvalue weighted by atomic mass is 16.7. The van der Waals surface area contributed by atoms with Gasteiger partial charge in [0.2, 0.25) is 12.7 Å². The molecule has 0 spiro atoms. The summed E-state index contributed by atoms with van der Waals surface area (Å²) >= 11 is 0. The van der Waals surface area contributed by atoms with Gasteiger partial charge in [-0.05, 0) is 18.2 Å². The third-order valence-corrected chi connectivity index (χ3v) is 4.16. The van der Waals surface area contributed by atoms with Crippen LogP contribution in [0.4, 0.5) is 0 Å². The molecule has 1 aromatic carbocycles. The number of hydrogen-bond donors (Lipinski definition) is 1. The molecule has 0 saturated carbocycles. The SMILES string of the molecule is O=C(C=Cc1cnc[nH]1)N1CCOC(COc2ccc3c(c2)OCO3)C1. The second-order valence-electron chi connectivity index (χ2n) is 5.94. The van der Waals surface area contributed by atoms with Gasteiger partial charge in [0.05, 0.1) is 31.4 Å². The number of fused-ring (bicyclic) bond motifs is 1. The number of carbonyl (C=O) groups is 1. The number of rotatable bonds is 5. The Bertz CT molecular complexity index is 790. The highest BCUT2D eigenvalue weighted by molar-refractivity contribution is 5.91. The summed E-state index contributed by atoms with van der Waals surface area (Å²) in [6, 6.07) is 5.43. The zero-order valence-electron chi connectivity index (χ0n) is 14.1. The fourth-order valence-electron chi connectivity index (χ4n) is 2.80. The standard InChI is InChI=1S/C18H19N3O5/c22-18(4-1-13-8-19-11-20-13)21-5-6-23-15(9-21)10-24-14-2-3-16-17(7-14)26-12-25-16/h1-4,7-8,11,15H,5-6,9-10,12H2,(H,19,20). The van der Waals surface area contributed by atoms with Crippen LogP contribution in [0.15, 0.2) is 36.8 Å². The van der Waals surface area contributed by atoms with Gasteiger partial charge in [0.15, 0.2) is 11.5 Å². The van der Waals surface area contributed by atoms with Crippen molar-refractivity contribution >= 4 is 12.0 Å². The van der Waals surface area contributed by atoms with Crippen molar-refractivity contribution in [1.82, 2.24) is 14.9 Å². The van der Waals surface area contributed by atoms with Crippen molar-refractivity contribution < 1.29 is 23.7 Å². The molecule has 0 bridgehead atoms. The Kier molecular flexibility index (Phi) is 4.74. The summed E-state index contributed by atoms with van der Waals surface area (Å²) in [7, 11) is 0. The maximum Gasteiger partial charge on any atom is 0.246 e. The van der Waals surface area contributed by atoms with Crippen molar-refractivity contribution in [3.05, 3.63) is 42.5 Å². The molecule has 2 aliphatic rings. The number of carbonyl (C=O) groups excluding carboxylic acids is 1. The van der Waals surface area contributed by atoms with E-state index < -0.39 is 0 Å². The molecule has 0 aliphatic carbocycles. The van der Waals surface area contributed by atoms with Crippen LogP contribution in [0.2, 0.25) is 0 Å². The summed E-state index contributed by atoms with van der Waals surface area (Å²) in [6.45, 7) is 2.11. The first kappa shape index (κ1) is 16.5. The molecule has 136 valence electrons. The van der Waals surface area contributed by atoms with Crippen molar-refractivity contribution in [2.45, 2.75) is 6.10 Å². The van der Waals surface area contributed by atoms with Crippen LogP contribution in [0.5, 0.6) is 17.2 Å². The number of morpholine rings is 1. The third kappa shape index (κ3) is 3.80. The van der Waals surface area contributed by atoms with E-state index in [1.165, 1.54) is 6.08 Å². The number of imidazole rings is 1. The first-order valence-corrected chi connectivity index (χ1v) is 8.37. The van der Waals surface area contributed by atoms with Gasteiger partial charge in [-0.3, -0.25) is 4.79 Å². The monoisotopic (exact) mass is 357 g/mol. The van der Waals surface area contributed by atoms with E-state index in [4.69, 9.17) is 18.9 Å². The molecule has 2 aromatic rings. The fraction of sp³-hybridized carbons (Fsp3) is 0.333. The third-order valence-electron chi connectivity index (χ3n) is 4.16. The second-order valence-corrected chi connectivity index (χ2v) is 5.94. The highest BCUT2D eigenvalue weighted by Gasteiger charge is 2.24. The molecular formula is C18H19N3O5. The quantitative estimate of drug-likeness (QED) is 0.816. The fourth-order valence-corrected chi connectivity index (χ4v) is 2.80. The molecule has 1 fully saturated rings. The predicted octanol–water partition coefficient (Wildman–Crippen LogP) is 1.46. The average molecular weight is 357 g/mol. The number of nitrogens with one attached hydrogen (secondary N) is 1. The van der Waals surface area contributed by atoms with Gasteiger partial charge in [0, 0.05) is 18.7 Å². The van der Waals surface area contributed by atoms with Crippen LogP contribution in [-0.4, -0.2) is 60.0 Å². The summed E-state index contributed by atoms with van der Waals surface area (Å²) in [4.78, 5) is 20.9. The zero-order valence-corrected chi connectivity index (χ0v) is 14.1. The number of amides is 1. The number of aromatic amines is 1. The lowest BCUT2D eigenvalue weighted by Gasteiger charge is -2.32. The Morgan fingerprint density at radius 2 is 2.31 bits per heavy atom. The minimum Gasteiger partial charge on any atom is -0.491 e. The van der Waals surface area contributed by atoms with Crippen LogP contribution in [0.3, 0.4) is 0 Å². The van der Waals surface area contributed by atoms with E-state index in [-0.39, 0.29) is 18.8 Å². The molecule has 8 heteroatoms. The molecule has 26 heavy (non-hydrogen) atoms. The smallest absolute Gasteiger partial charge is 0.246 e. The zero-order chi connectivity index (χ0) is 17.8. The van der Waals surface area contributed by atoms with E-state index in [0.29, 0.717) is 43.6 Å². The summed E-state index contributed by atoms with van der Waals surface area (Å²) in [5.41, 5.74) is 0.786. The van der Waals surface area contributed by atoms with E-state index in [9.17, 15) is 4.79 Å². The van der Waals surface area contributed by atoms with Crippen molar-refractivity contribution in [2.24, 2.45) is 0 Å². The highest BCUT2D eigenvalue weighted by Crippen LogP contribution is 2.35. The number of aromatic nitrogens is 2. The lowest BCUT2D eigenvalue weighted by Crippen LogP contribution is -2.47.